The zero-order valence-corrected chi connectivity index (χ0v) is 34.9. The van der Waals surface area contributed by atoms with Crippen LogP contribution in [0.3, 0.4) is 0 Å². The first-order valence-corrected chi connectivity index (χ1v) is 22.3. The van der Waals surface area contributed by atoms with Crippen LogP contribution >= 0.6 is 11.3 Å². The summed E-state index contributed by atoms with van der Waals surface area (Å²) in [6.45, 7) is 0. The van der Waals surface area contributed by atoms with Gasteiger partial charge in [0.05, 0.1) is 0 Å². The molecule has 0 spiro atoms. The lowest BCUT2D eigenvalue weighted by Crippen LogP contribution is -2.09. The molecule has 0 fully saturated rings. The van der Waals surface area contributed by atoms with E-state index < -0.39 is 0 Å². The molecule has 0 amide bonds. The number of thiophene rings is 1. The number of furan rings is 1. The van der Waals surface area contributed by atoms with Crippen LogP contribution < -0.4 is 4.90 Å². The average molecular weight is 820 g/mol. The number of anilines is 3. The molecule has 2 nitrogen and oxygen atoms in total. The van der Waals surface area contributed by atoms with Crippen LogP contribution in [0.5, 0.6) is 0 Å². The highest BCUT2D eigenvalue weighted by Crippen LogP contribution is 2.46. The van der Waals surface area contributed by atoms with E-state index in [9.17, 15) is 0 Å². The van der Waals surface area contributed by atoms with Crippen molar-refractivity contribution in [3.8, 4) is 11.1 Å². The maximum absolute atomic E-state index is 6.35. The molecule has 13 aromatic rings. The van der Waals surface area contributed by atoms with Crippen molar-refractivity contribution in [3.63, 3.8) is 0 Å². The number of fused-ring (bicyclic) bond motifs is 17. The molecule has 0 radical (unpaired) electrons. The van der Waals surface area contributed by atoms with Gasteiger partial charge >= 0.3 is 0 Å². The van der Waals surface area contributed by atoms with Crippen LogP contribution in [0.2, 0.25) is 0 Å². The molecule has 2 heterocycles. The predicted octanol–water partition coefficient (Wildman–Crippen LogP) is 18.0. The van der Waals surface area contributed by atoms with Gasteiger partial charge in [0.1, 0.15) is 11.2 Å². The van der Waals surface area contributed by atoms with Gasteiger partial charge in [0.15, 0.2) is 0 Å². The molecule has 3 heteroatoms. The fourth-order valence-electron chi connectivity index (χ4n) is 9.99. The van der Waals surface area contributed by atoms with Crippen LogP contribution in [0.15, 0.2) is 229 Å². The molecule has 63 heavy (non-hydrogen) atoms. The summed E-state index contributed by atoms with van der Waals surface area (Å²) in [5.41, 5.74) is 7.34. The van der Waals surface area contributed by atoms with Gasteiger partial charge in [-0.25, -0.2) is 0 Å². The highest BCUT2D eigenvalue weighted by molar-refractivity contribution is 7.26. The topological polar surface area (TPSA) is 16.4 Å². The first-order chi connectivity index (χ1) is 31.2. The second-order valence-corrected chi connectivity index (χ2v) is 17.4. The summed E-state index contributed by atoms with van der Waals surface area (Å²) in [6.07, 6.45) is 0. The van der Waals surface area contributed by atoms with Crippen LogP contribution in [0.1, 0.15) is 0 Å². The van der Waals surface area contributed by atoms with Crippen LogP contribution in [0, 0.1) is 0 Å². The van der Waals surface area contributed by atoms with Gasteiger partial charge in [-0.05, 0) is 114 Å². The Bertz CT molecular complexity index is 4030. The number of benzene rings is 10. The molecule has 294 valence electrons. The molecule has 0 N–H and O–H groups in total. The molecular weight excluding hydrogens is 783 g/mol. The van der Waals surface area contributed by atoms with Gasteiger partial charge < -0.3 is 9.32 Å². The summed E-state index contributed by atoms with van der Waals surface area (Å²) >= 11 is 1.90. The lowest BCUT2D eigenvalue weighted by atomic mass is 9.93. The zero-order chi connectivity index (χ0) is 41.4. The lowest BCUT2D eigenvalue weighted by Gasteiger charge is -2.26. The minimum atomic E-state index is 0.877. The minimum absolute atomic E-state index is 0.877. The number of nitrogens with zero attached hydrogens (tertiary/aromatic N) is 1. The highest BCUT2D eigenvalue weighted by Gasteiger charge is 2.19. The second-order valence-electron chi connectivity index (χ2n) is 16.4. The standard InChI is InChI=1S/C60H37NOS/c1-2-14-38(15-3-1)39-26-28-40(29-27-39)61(42-31-35-57-55(37-42)49-21-10-12-24-56(49)62-57)41-30-32-48-46-19-7-5-17-44(46)43-16-4-6-18-45(43)47-20-8-9-23-51(47)59-52(54(48)36-41)33-34-53-50-22-11-13-25-58(50)63-60(53)59/h1-37H. The van der Waals surface area contributed by atoms with Gasteiger partial charge in [0.2, 0.25) is 0 Å². The van der Waals surface area contributed by atoms with Crippen molar-refractivity contribution in [2.45, 2.75) is 0 Å². The number of rotatable bonds is 4. The summed E-state index contributed by atoms with van der Waals surface area (Å²) in [6, 6.07) is 82.1. The molecule has 2 aromatic heterocycles. The van der Waals surface area contributed by atoms with E-state index in [4.69, 9.17) is 4.42 Å². The van der Waals surface area contributed by atoms with Gasteiger partial charge in [0.25, 0.3) is 0 Å². The van der Waals surface area contributed by atoms with Crippen molar-refractivity contribution in [1.29, 1.82) is 0 Å². The smallest absolute Gasteiger partial charge is 0.135 e. The molecule has 0 aliphatic heterocycles. The Hall–Kier alpha value is -7.98. The number of para-hydroxylation sites is 1. The van der Waals surface area contributed by atoms with E-state index in [1.165, 1.54) is 85.2 Å². The zero-order valence-electron chi connectivity index (χ0n) is 34.1. The quantitative estimate of drug-likeness (QED) is 0.176. The largest absolute Gasteiger partial charge is 0.456 e. The van der Waals surface area contributed by atoms with Crippen molar-refractivity contribution < 1.29 is 4.42 Å². The molecular formula is C60H37NOS. The van der Waals surface area contributed by atoms with Crippen LogP contribution in [-0.4, -0.2) is 0 Å². The summed E-state index contributed by atoms with van der Waals surface area (Å²) < 4.78 is 8.95. The molecule has 0 unspecified atom stereocenters. The van der Waals surface area contributed by atoms with Gasteiger partial charge in [-0.3, -0.25) is 0 Å². The van der Waals surface area contributed by atoms with E-state index in [0.717, 1.165) is 39.0 Å². The van der Waals surface area contributed by atoms with E-state index >= 15 is 0 Å². The molecule has 0 saturated heterocycles. The molecule has 13 rings (SSSR count). The SMILES string of the molecule is c1ccc(-c2ccc(N(c3ccc4oc5ccccc5c4c3)c3ccc4c5ccccc5c5ccccc5c5ccccc5c5c(ccc6c7ccccc7sc65)c4c3)cc2)cc1. The predicted molar refractivity (Wildman–Crippen MR) is 272 cm³/mol. The maximum Gasteiger partial charge on any atom is 0.135 e. The molecule has 0 bridgehead atoms. The van der Waals surface area contributed by atoms with Crippen molar-refractivity contribution in [2.24, 2.45) is 0 Å². The van der Waals surface area contributed by atoms with E-state index in [1.54, 1.807) is 0 Å². The monoisotopic (exact) mass is 819 g/mol. The van der Waals surface area contributed by atoms with Gasteiger partial charge in [0, 0.05) is 53.4 Å². The molecule has 0 aliphatic rings. The molecule has 0 saturated carbocycles. The van der Waals surface area contributed by atoms with Crippen LogP contribution in [-0.2, 0) is 0 Å². The number of hydrogen-bond donors (Lipinski definition) is 0. The minimum Gasteiger partial charge on any atom is -0.456 e. The number of hydrogen-bond acceptors (Lipinski definition) is 3. The van der Waals surface area contributed by atoms with Crippen molar-refractivity contribution >= 4 is 124 Å². The van der Waals surface area contributed by atoms with Gasteiger partial charge in [-0.1, -0.05) is 170 Å². The molecule has 0 atom stereocenters. The van der Waals surface area contributed by atoms with Crippen molar-refractivity contribution in [3.05, 3.63) is 224 Å². The third-order valence-corrected chi connectivity index (χ3v) is 14.1. The van der Waals surface area contributed by atoms with E-state index in [-0.39, 0.29) is 0 Å². The third kappa shape index (κ3) is 5.71. The Morgan fingerprint density at radius 2 is 0.730 bits per heavy atom. The van der Waals surface area contributed by atoms with E-state index in [2.05, 4.69) is 217 Å². The highest BCUT2D eigenvalue weighted by atomic mass is 32.1. The average Bonchev–Trinajstić information content (AvgIpc) is 3.92. The first kappa shape index (κ1) is 35.7. The van der Waals surface area contributed by atoms with Crippen LogP contribution in [0.25, 0.3) is 107 Å². The second kappa shape index (κ2) is 14.3. The van der Waals surface area contributed by atoms with E-state index in [0.29, 0.717) is 0 Å². The summed E-state index contributed by atoms with van der Waals surface area (Å²) in [4.78, 5) is 2.40. The van der Waals surface area contributed by atoms with Crippen LogP contribution in [0.4, 0.5) is 17.1 Å². The fraction of sp³-hybridized carbons (Fsp3) is 0. The van der Waals surface area contributed by atoms with Gasteiger partial charge in [-0.2, -0.15) is 0 Å². The Morgan fingerprint density at radius 3 is 1.43 bits per heavy atom. The summed E-state index contributed by atoms with van der Waals surface area (Å²) in [5.74, 6) is 0. The Morgan fingerprint density at radius 1 is 0.286 bits per heavy atom. The Labute approximate surface area is 367 Å². The normalized spacial score (nSPS) is 11.8. The maximum atomic E-state index is 6.35. The third-order valence-electron chi connectivity index (χ3n) is 12.9. The lowest BCUT2D eigenvalue weighted by molar-refractivity contribution is 0.669. The molecule has 11 aromatic carbocycles. The van der Waals surface area contributed by atoms with E-state index in [1.807, 2.05) is 23.5 Å². The summed E-state index contributed by atoms with van der Waals surface area (Å²) in [5, 5.41) is 17.0. The van der Waals surface area contributed by atoms with Crippen molar-refractivity contribution in [1.82, 2.24) is 0 Å². The summed E-state index contributed by atoms with van der Waals surface area (Å²) in [7, 11) is 0. The Kier molecular flexibility index (Phi) is 8.12. The van der Waals surface area contributed by atoms with Crippen molar-refractivity contribution in [2.75, 3.05) is 4.90 Å². The fourth-order valence-corrected chi connectivity index (χ4v) is 11.2. The molecule has 0 aliphatic carbocycles. The van der Waals surface area contributed by atoms with Gasteiger partial charge in [-0.15, -0.1) is 11.3 Å². The first-order valence-electron chi connectivity index (χ1n) is 21.5. The Balaban J connectivity index is 1.19.